The van der Waals surface area contributed by atoms with Crippen molar-refractivity contribution in [1.82, 2.24) is 10.3 Å². The second-order valence-electron chi connectivity index (χ2n) is 5.13. The van der Waals surface area contributed by atoms with E-state index >= 15 is 0 Å². The van der Waals surface area contributed by atoms with Gasteiger partial charge in [-0.1, -0.05) is 12.1 Å². The molecule has 9 heteroatoms. The fourth-order valence-electron chi connectivity index (χ4n) is 2.04. The molecule has 2 aromatic rings. The molecule has 0 saturated carbocycles. The van der Waals surface area contributed by atoms with Crippen LogP contribution in [0.5, 0.6) is 0 Å². The van der Waals surface area contributed by atoms with Crippen molar-refractivity contribution in [2.45, 2.75) is 36.5 Å². The van der Waals surface area contributed by atoms with Gasteiger partial charge in [0, 0.05) is 22.4 Å². The molecule has 1 unspecified atom stereocenters. The first-order valence-corrected chi connectivity index (χ1v) is 9.18. The maximum atomic E-state index is 12.5. The molecule has 0 bridgehead atoms. The first kappa shape index (κ1) is 19.3. The molecule has 134 valence electrons. The minimum atomic E-state index is -2.82. The van der Waals surface area contributed by atoms with Crippen molar-refractivity contribution in [3.63, 3.8) is 0 Å². The molecule has 1 amide bonds. The molecule has 0 aliphatic carbocycles. The summed E-state index contributed by atoms with van der Waals surface area (Å²) in [6.45, 7) is 1.90. The minimum absolute atomic E-state index is 0.250. The van der Waals surface area contributed by atoms with Gasteiger partial charge in [-0.3, -0.25) is 4.79 Å². The number of halogens is 2. The number of hydrogen-bond donors (Lipinski definition) is 2. The molecule has 0 radical (unpaired) electrons. The summed E-state index contributed by atoms with van der Waals surface area (Å²) in [4.78, 5) is 28.3. The molecule has 1 heterocycles. The van der Waals surface area contributed by atoms with Gasteiger partial charge in [0.05, 0.1) is 16.3 Å². The van der Waals surface area contributed by atoms with E-state index in [4.69, 9.17) is 5.11 Å². The highest BCUT2D eigenvalue weighted by atomic mass is 32.2. The second kappa shape index (κ2) is 8.91. The van der Waals surface area contributed by atoms with E-state index in [0.717, 1.165) is 10.7 Å². The van der Waals surface area contributed by atoms with Crippen LogP contribution in [0.3, 0.4) is 0 Å². The van der Waals surface area contributed by atoms with E-state index in [1.807, 2.05) is 12.3 Å². The lowest BCUT2D eigenvalue weighted by atomic mass is 10.1. The van der Waals surface area contributed by atoms with Crippen LogP contribution in [0.25, 0.3) is 0 Å². The predicted molar refractivity (Wildman–Crippen MR) is 92.4 cm³/mol. The molecule has 1 aromatic heterocycles. The molecule has 0 spiro atoms. The summed E-state index contributed by atoms with van der Waals surface area (Å²) in [5.74, 6) is -1.63. The van der Waals surface area contributed by atoms with E-state index in [0.29, 0.717) is 10.6 Å². The molecule has 0 aliphatic rings. The van der Waals surface area contributed by atoms with E-state index in [-0.39, 0.29) is 5.56 Å². The van der Waals surface area contributed by atoms with Crippen molar-refractivity contribution in [2.24, 2.45) is 0 Å². The van der Waals surface area contributed by atoms with Crippen molar-refractivity contribution < 1.29 is 23.5 Å². The van der Waals surface area contributed by atoms with Crippen LogP contribution in [0.2, 0.25) is 0 Å². The summed E-state index contributed by atoms with van der Waals surface area (Å²) >= 11 is 2.91. The van der Waals surface area contributed by atoms with E-state index in [2.05, 4.69) is 10.3 Å². The highest BCUT2D eigenvalue weighted by Gasteiger charge is 2.25. The fourth-order valence-corrected chi connectivity index (χ4v) is 3.70. The zero-order chi connectivity index (χ0) is 18.4. The normalized spacial score (nSPS) is 12.2. The molecule has 0 saturated heterocycles. The Hall–Kier alpha value is -2.00. The van der Waals surface area contributed by atoms with Crippen molar-refractivity contribution in [1.29, 1.82) is 0 Å². The number of rotatable bonds is 8. The average Bonchev–Trinajstić information content (AvgIpc) is 2.97. The maximum Gasteiger partial charge on any atom is 0.326 e. The van der Waals surface area contributed by atoms with Crippen LogP contribution in [-0.4, -0.2) is 34.4 Å². The quantitative estimate of drug-likeness (QED) is 0.678. The van der Waals surface area contributed by atoms with Gasteiger partial charge in [-0.2, -0.15) is 0 Å². The first-order chi connectivity index (χ1) is 11.9. The number of aliphatic carboxylic acids is 1. The van der Waals surface area contributed by atoms with Gasteiger partial charge in [-0.15, -0.1) is 23.1 Å². The highest BCUT2D eigenvalue weighted by Crippen LogP contribution is 2.27. The number of benzene rings is 1. The van der Waals surface area contributed by atoms with Gasteiger partial charge in [0.15, 0.2) is 0 Å². The lowest BCUT2D eigenvalue weighted by molar-refractivity contribution is -0.140. The number of alkyl halides is 2. The van der Waals surface area contributed by atoms with Gasteiger partial charge in [0.1, 0.15) is 6.04 Å². The van der Waals surface area contributed by atoms with Crippen LogP contribution in [0.1, 0.15) is 27.5 Å². The van der Waals surface area contributed by atoms with E-state index in [1.54, 1.807) is 18.2 Å². The van der Waals surface area contributed by atoms with Crippen molar-refractivity contribution in [3.05, 3.63) is 45.9 Å². The summed E-state index contributed by atoms with van der Waals surface area (Å²) in [5, 5.41) is 14.0. The lowest BCUT2D eigenvalue weighted by Crippen LogP contribution is -2.42. The Bertz CT molecular complexity index is 752. The number of carbonyl (C=O) groups is 2. The van der Waals surface area contributed by atoms with E-state index < -0.39 is 30.8 Å². The molecule has 0 fully saturated rings. The molecule has 1 atom stereocenters. The number of nitrogens with zero attached hydrogens (tertiary/aromatic N) is 1. The monoisotopic (exact) mass is 386 g/mol. The van der Waals surface area contributed by atoms with Gasteiger partial charge in [-0.05, 0) is 19.1 Å². The van der Waals surface area contributed by atoms with Crippen LogP contribution in [0.15, 0.2) is 34.5 Å². The molecular formula is C16H16F2N2O3S2. The number of carboxylic acids is 1. The second-order valence-corrected chi connectivity index (χ2v) is 7.21. The molecule has 25 heavy (non-hydrogen) atoms. The summed E-state index contributed by atoms with van der Waals surface area (Å²) in [5.41, 5.74) is 1.13. The minimum Gasteiger partial charge on any atom is -0.480 e. The average molecular weight is 386 g/mol. The van der Waals surface area contributed by atoms with Gasteiger partial charge in [-0.25, -0.2) is 18.6 Å². The number of aromatic nitrogens is 1. The van der Waals surface area contributed by atoms with Crippen molar-refractivity contribution in [3.8, 4) is 0 Å². The lowest BCUT2D eigenvalue weighted by Gasteiger charge is -2.15. The standard InChI is InChI=1S/C16H16F2N2O3S2/c1-9-19-10(7-24-9)8-25-13-5-3-2-4-11(13)15(21)20-12(16(22)23)6-14(17)18/h2-5,7,12,14H,6,8H2,1H3,(H,20,21)(H,22,23). The van der Waals surface area contributed by atoms with Crippen LogP contribution in [0.4, 0.5) is 8.78 Å². The molecule has 5 nitrogen and oxygen atoms in total. The third kappa shape index (κ3) is 5.79. The van der Waals surface area contributed by atoms with Gasteiger partial charge in [0.2, 0.25) is 6.43 Å². The highest BCUT2D eigenvalue weighted by molar-refractivity contribution is 7.98. The Morgan fingerprint density at radius 1 is 1.36 bits per heavy atom. The van der Waals surface area contributed by atoms with Crippen LogP contribution < -0.4 is 5.32 Å². The number of carboxylic acid groups (broad SMARTS) is 1. The topological polar surface area (TPSA) is 79.3 Å². The summed E-state index contributed by atoms with van der Waals surface area (Å²) < 4.78 is 24.9. The smallest absolute Gasteiger partial charge is 0.326 e. The number of carbonyl (C=O) groups excluding carboxylic acids is 1. The zero-order valence-corrected chi connectivity index (χ0v) is 14.9. The largest absolute Gasteiger partial charge is 0.480 e. The SMILES string of the molecule is Cc1nc(CSc2ccccc2C(=O)NC(CC(F)F)C(=O)O)cs1. The Balaban J connectivity index is 2.09. The zero-order valence-electron chi connectivity index (χ0n) is 13.2. The molecule has 1 aromatic carbocycles. The van der Waals surface area contributed by atoms with Gasteiger partial charge >= 0.3 is 5.97 Å². The number of thioether (sulfide) groups is 1. The molecule has 0 aliphatic heterocycles. The summed E-state index contributed by atoms with van der Waals surface area (Å²) in [7, 11) is 0. The van der Waals surface area contributed by atoms with Gasteiger partial charge < -0.3 is 10.4 Å². The van der Waals surface area contributed by atoms with Crippen LogP contribution in [0, 0.1) is 6.92 Å². The number of nitrogens with one attached hydrogen (secondary N) is 1. The van der Waals surface area contributed by atoms with E-state index in [1.165, 1.54) is 29.2 Å². The van der Waals surface area contributed by atoms with Gasteiger partial charge in [0.25, 0.3) is 5.91 Å². The number of hydrogen-bond acceptors (Lipinski definition) is 5. The summed E-state index contributed by atoms with van der Waals surface area (Å²) in [6.07, 6.45) is -3.76. The maximum absolute atomic E-state index is 12.5. The van der Waals surface area contributed by atoms with E-state index in [9.17, 15) is 18.4 Å². The number of aryl methyl sites for hydroxylation is 1. The Morgan fingerprint density at radius 3 is 2.68 bits per heavy atom. The third-order valence-corrected chi connectivity index (χ3v) is 5.12. The summed E-state index contributed by atoms with van der Waals surface area (Å²) in [6, 6.07) is 5.01. The van der Waals surface area contributed by atoms with Crippen molar-refractivity contribution in [2.75, 3.05) is 0 Å². The Kier molecular flexibility index (Phi) is 6.89. The van der Waals surface area contributed by atoms with Crippen molar-refractivity contribution >= 4 is 35.0 Å². The Labute approximate surface area is 151 Å². The Morgan fingerprint density at radius 2 is 2.08 bits per heavy atom. The number of thiazole rings is 1. The molecular weight excluding hydrogens is 370 g/mol. The first-order valence-electron chi connectivity index (χ1n) is 7.31. The fraction of sp³-hybridized carbons (Fsp3) is 0.312. The van der Waals surface area contributed by atoms with Crippen LogP contribution >= 0.6 is 23.1 Å². The third-order valence-electron chi connectivity index (χ3n) is 3.19. The number of amides is 1. The van der Waals surface area contributed by atoms with Crippen LogP contribution in [-0.2, 0) is 10.5 Å². The molecule has 2 rings (SSSR count). The predicted octanol–water partition coefficient (Wildman–Crippen LogP) is 3.58. The molecule has 2 N–H and O–H groups in total.